The molecule has 2 rings (SSSR count). The molecule has 0 heterocycles. The van der Waals surface area contributed by atoms with E-state index < -0.39 is 6.04 Å². The van der Waals surface area contributed by atoms with Crippen LogP contribution in [0.25, 0.3) is 0 Å². The van der Waals surface area contributed by atoms with Crippen LogP contribution in [0.5, 0.6) is 11.5 Å². The van der Waals surface area contributed by atoms with Gasteiger partial charge in [0, 0.05) is 5.56 Å². The Labute approximate surface area is 139 Å². The Kier molecular flexibility index (Phi) is 5.24. The summed E-state index contributed by atoms with van der Waals surface area (Å²) in [4.78, 5) is 0. The van der Waals surface area contributed by atoms with Crippen LogP contribution < -0.4 is 15.2 Å². The Morgan fingerprint density at radius 3 is 2.33 bits per heavy atom. The van der Waals surface area contributed by atoms with Gasteiger partial charge in [-0.15, -0.1) is 0 Å². The molecule has 1 atom stereocenters. The fourth-order valence-electron chi connectivity index (χ4n) is 2.06. The lowest BCUT2D eigenvalue weighted by molar-refractivity contribution is 0.395. The summed E-state index contributed by atoms with van der Waals surface area (Å²) in [6.45, 7) is 0. The average molecular weight is 419 g/mol. The van der Waals surface area contributed by atoms with Crippen molar-refractivity contribution in [3.63, 3.8) is 0 Å². The molecule has 0 bridgehead atoms. The van der Waals surface area contributed by atoms with Gasteiger partial charge in [0.25, 0.3) is 0 Å². The second kappa shape index (κ2) is 6.77. The second-order valence-electron chi connectivity index (χ2n) is 4.35. The number of ether oxygens (including phenoxy) is 2. The Balaban J connectivity index is 2.56. The van der Waals surface area contributed by atoms with E-state index in [0.717, 1.165) is 4.47 Å². The summed E-state index contributed by atoms with van der Waals surface area (Å²) in [5.41, 5.74) is 7.64. The van der Waals surface area contributed by atoms with Crippen molar-refractivity contribution in [2.75, 3.05) is 14.2 Å². The summed E-state index contributed by atoms with van der Waals surface area (Å²) >= 11 is 6.64. The summed E-state index contributed by atoms with van der Waals surface area (Å²) in [7, 11) is 3.13. The van der Waals surface area contributed by atoms with Crippen molar-refractivity contribution in [2.45, 2.75) is 6.04 Å². The largest absolute Gasteiger partial charge is 0.496 e. The van der Waals surface area contributed by atoms with Gasteiger partial charge in [-0.2, -0.15) is 0 Å². The van der Waals surface area contributed by atoms with E-state index in [2.05, 4.69) is 31.9 Å². The maximum atomic E-state index is 13.7. The lowest BCUT2D eigenvalue weighted by Gasteiger charge is -2.19. The van der Waals surface area contributed by atoms with E-state index in [1.54, 1.807) is 38.5 Å². The van der Waals surface area contributed by atoms with Gasteiger partial charge in [0.1, 0.15) is 17.3 Å². The van der Waals surface area contributed by atoms with E-state index in [0.29, 0.717) is 27.1 Å². The van der Waals surface area contributed by atoms with Crippen molar-refractivity contribution < 1.29 is 13.9 Å². The van der Waals surface area contributed by atoms with Gasteiger partial charge < -0.3 is 15.2 Å². The zero-order chi connectivity index (χ0) is 15.6. The van der Waals surface area contributed by atoms with E-state index in [1.165, 1.54) is 6.07 Å². The lowest BCUT2D eigenvalue weighted by Crippen LogP contribution is -2.14. The Morgan fingerprint density at radius 2 is 1.71 bits per heavy atom. The summed E-state index contributed by atoms with van der Waals surface area (Å²) in [5.74, 6) is 0.881. The fourth-order valence-corrected chi connectivity index (χ4v) is 3.05. The van der Waals surface area contributed by atoms with Crippen molar-refractivity contribution >= 4 is 31.9 Å². The molecule has 3 nitrogen and oxygen atoms in total. The smallest absolute Gasteiger partial charge is 0.137 e. The maximum absolute atomic E-state index is 13.7. The second-order valence-corrected chi connectivity index (χ2v) is 6.00. The SMILES string of the molecule is COc1cc(C(N)c2cccc(F)c2Br)c(OC)cc1Br. The molecule has 0 saturated carbocycles. The predicted molar refractivity (Wildman–Crippen MR) is 87.4 cm³/mol. The van der Waals surface area contributed by atoms with Gasteiger partial charge in [-0.25, -0.2) is 4.39 Å². The van der Waals surface area contributed by atoms with Crippen molar-refractivity contribution in [1.29, 1.82) is 0 Å². The van der Waals surface area contributed by atoms with Crippen LogP contribution in [0, 0.1) is 5.82 Å². The minimum atomic E-state index is -0.549. The summed E-state index contributed by atoms with van der Waals surface area (Å²) in [5, 5.41) is 0. The molecule has 0 aromatic heterocycles. The Bertz CT molecular complexity index is 664. The standard InChI is InChI=1S/C15H14Br2FNO2/c1-20-12-7-10(16)13(21-2)6-9(12)15(19)8-4-3-5-11(18)14(8)17/h3-7,15H,19H2,1-2H3. The molecule has 112 valence electrons. The molecule has 0 spiro atoms. The zero-order valence-corrected chi connectivity index (χ0v) is 14.7. The first-order valence-corrected chi connectivity index (χ1v) is 7.69. The molecule has 0 amide bonds. The average Bonchev–Trinajstić information content (AvgIpc) is 2.49. The number of rotatable bonds is 4. The summed E-state index contributed by atoms with van der Waals surface area (Å²) in [6, 6.07) is 7.78. The number of nitrogens with two attached hydrogens (primary N) is 1. The van der Waals surface area contributed by atoms with Crippen LogP contribution in [0.15, 0.2) is 39.3 Å². The van der Waals surface area contributed by atoms with Gasteiger partial charge in [0.15, 0.2) is 0 Å². The molecule has 2 aromatic carbocycles. The van der Waals surface area contributed by atoms with E-state index in [4.69, 9.17) is 15.2 Å². The number of hydrogen-bond acceptors (Lipinski definition) is 3. The third kappa shape index (κ3) is 3.22. The molecule has 2 aromatic rings. The Morgan fingerprint density at radius 1 is 1.05 bits per heavy atom. The van der Waals surface area contributed by atoms with Crippen molar-refractivity contribution in [2.24, 2.45) is 5.73 Å². The minimum Gasteiger partial charge on any atom is -0.496 e. The van der Waals surface area contributed by atoms with Crippen LogP contribution in [0.3, 0.4) is 0 Å². The maximum Gasteiger partial charge on any atom is 0.137 e. The van der Waals surface area contributed by atoms with E-state index in [9.17, 15) is 4.39 Å². The first-order chi connectivity index (χ1) is 9.99. The van der Waals surface area contributed by atoms with Crippen LogP contribution in [0.1, 0.15) is 17.2 Å². The molecular weight excluding hydrogens is 405 g/mol. The highest BCUT2D eigenvalue weighted by Gasteiger charge is 2.20. The summed E-state index contributed by atoms with van der Waals surface area (Å²) in [6.07, 6.45) is 0. The molecule has 0 saturated heterocycles. The van der Waals surface area contributed by atoms with Crippen molar-refractivity contribution in [1.82, 2.24) is 0 Å². The molecule has 2 N–H and O–H groups in total. The first-order valence-electron chi connectivity index (χ1n) is 6.10. The summed E-state index contributed by atoms with van der Waals surface area (Å²) < 4.78 is 25.4. The molecular formula is C15H14Br2FNO2. The van der Waals surface area contributed by atoms with E-state index >= 15 is 0 Å². The molecule has 0 radical (unpaired) electrons. The van der Waals surface area contributed by atoms with Crippen molar-refractivity contribution in [3.8, 4) is 11.5 Å². The molecule has 21 heavy (non-hydrogen) atoms. The van der Waals surface area contributed by atoms with Gasteiger partial charge >= 0.3 is 0 Å². The lowest BCUT2D eigenvalue weighted by atomic mass is 9.98. The molecule has 0 aliphatic rings. The van der Waals surface area contributed by atoms with E-state index in [1.807, 2.05) is 0 Å². The number of methoxy groups -OCH3 is 2. The predicted octanol–water partition coefficient (Wildman–Crippen LogP) is 4.42. The molecule has 0 fully saturated rings. The van der Waals surface area contributed by atoms with Gasteiger partial charge in [-0.05, 0) is 55.6 Å². The molecule has 0 aliphatic carbocycles. The van der Waals surface area contributed by atoms with Crippen LogP contribution in [0.2, 0.25) is 0 Å². The van der Waals surface area contributed by atoms with Gasteiger partial charge in [0.05, 0.1) is 29.2 Å². The van der Waals surface area contributed by atoms with Crippen LogP contribution in [0.4, 0.5) is 4.39 Å². The Hall–Kier alpha value is -1.11. The number of hydrogen-bond donors (Lipinski definition) is 1. The quantitative estimate of drug-likeness (QED) is 0.799. The highest BCUT2D eigenvalue weighted by molar-refractivity contribution is 9.10. The van der Waals surface area contributed by atoms with E-state index in [-0.39, 0.29) is 5.82 Å². The third-order valence-corrected chi connectivity index (χ3v) is 4.61. The topological polar surface area (TPSA) is 44.5 Å². The van der Waals surface area contributed by atoms with Crippen molar-refractivity contribution in [3.05, 3.63) is 56.2 Å². The number of halogens is 3. The van der Waals surface area contributed by atoms with Gasteiger partial charge in [-0.1, -0.05) is 12.1 Å². The highest BCUT2D eigenvalue weighted by Crippen LogP contribution is 2.38. The van der Waals surface area contributed by atoms with Crippen LogP contribution in [-0.2, 0) is 0 Å². The zero-order valence-electron chi connectivity index (χ0n) is 11.5. The number of benzene rings is 2. The van der Waals surface area contributed by atoms with Crippen LogP contribution in [-0.4, -0.2) is 14.2 Å². The van der Waals surface area contributed by atoms with Gasteiger partial charge in [-0.3, -0.25) is 0 Å². The molecule has 1 unspecified atom stereocenters. The normalized spacial score (nSPS) is 12.1. The minimum absolute atomic E-state index is 0.349. The van der Waals surface area contributed by atoms with Crippen LogP contribution >= 0.6 is 31.9 Å². The van der Waals surface area contributed by atoms with Gasteiger partial charge in [0.2, 0.25) is 0 Å². The monoisotopic (exact) mass is 417 g/mol. The third-order valence-electron chi connectivity index (χ3n) is 3.16. The molecule has 0 aliphatic heterocycles. The highest BCUT2D eigenvalue weighted by atomic mass is 79.9. The first kappa shape index (κ1) is 16.3. The fraction of sp³-hybridized carbons (Fsp3) is 0.200. The molecule has 6 heteroatoms.